The number of aromatic hydroxyl groups is 1. The predicted molar refractivity (Wildman–Crippen MR) is 107 cm³/mol. The normalized spacial score (nSPS) is 17.1. The molecule has 1 atom stereocenters. The van der Waals surface area contributed by atoms with Crippen LogP contribution in [0.2, 0.25) is 0 Å². The summed E-state index contributed by atoms with van der Waals surface area (Å²) in [5.74, 6) is 0.299. The molecule has 0 aliphatic carbocycles. The highest BCUT2D eigenvalue weighted by Crippen LogP contribution is 2.35. The van der Waals surface area contributed by atoms with Crippen LogP contribution < -0.4 is 0 Å². The molecular weight excluding hydrogens is 354 g/mol. The Balaban J connectivity index is 1.75. The second-order valence-corrected chi connectivity index (χ2v) is 7.33. The van der Waals surface area contributed by atoms with Crippen LogP contribution in [0.15, 0.2) is 60.8 Å². The van der Waals surface area contributed by atoms with Crippen LogP contribution in [0.3, 0.4) is 0 Å². The number of non-ortho nitro benzene ring substituents is 1. The first-order chi connectivity index (χ1) is 13.5. The van der Waals surface area contributed by atoms with Crippen LogP contribution in [-0.2, 0) is 13.1 Å². The maximum Gasteiger partial charge on any atom is 0.269 e. The maximum atomic E-state index is 11.0. The molecule has 0 saturated heterocycles. The number of fused-ring (bicyclic) bond motifs is 1. The van der Waals surface area contributed by atoms with Crippen LogP contribution in [0, 0.1) is 17.0 Å². The molecule has 4 rings (SSSR count). The van der Waals surface area contributed by atoms with Crippen molar-refractivity contribution >= 4 is 5.69 Å². The van der Waals surface area contributed by atoms with Crippen molar-refractivity contribution in [3.8, 4) is 5.75 Å². The van der Waals surface area contributed by atoms with Gasteiger partial charge >= 0.3 is 0 Å². The van der Waals surface area contributed by atoms with E-state index in [1.165, 1.54) is 5.69 Å². The fraction of sp³-hybridized carbons (Fsp3) is 0.273. The first kappa shape index (κ1) is 18.3. The minimum absolute atomic E-state index is 0.0294. The van der Waals surface area contributed by atoms with E-state index in [1.54, 1.807) is 18.2 Å². The van der Waals surface area contributed by atoms with Gasteiger partial charge in [-0.3, -0.25) is 15.0 Å². The Morgan fingerprint density at radius 2 is 1.93 bits per heavy atom. The SMILES string of the molecule is Cc1ccc(O)c(CN2CCCn3cccc3C2c2ccc([N+](=O)[O-])cc2)c1. The fourth-order valence-electron chi connectivity index (χ4n) is 4.03. The molecule has 1 unspecified atom stereocenters. The van der Waals surface area contributed by atoms with Crippen molar-refractivity contribution in [1.82, 2.24) is 9.47 Å². The molecule has 0 fully saturated rings. The van der Waals surface area contributed by atoms with Gasteiger partial charge < -0.3 is 9.67 Å². The van der Waals surface area contributed by atoms with Gasteiger partial charge in [-0.05, 0) is 37.1 Å². The minimum atomic E-state index is -0.373. The van der Waals surface area contributed by atoms with Crippen LogP contribution in [0.5, 0.6) is 5.75 Å². The molecule has 0 radical (unpaired) electrons. The van der Waals surface area contributed by atoms with Crippen LogP contribution in [0.25, 0.3) is 0 Å². The van der Waals surface area contributed by atoms with Gasteiger partial charge in [-0.25, -0.2) is 0 Å². The number of hydrogen-bond donors (Lipinski definition) is 1. The molecule has 6 heteroatoms. The molecule has 0 amide bonds. The summed E-state index contributed by atoms with van der Waals surface area (Å²) in [5, 5.41) is 21.4. The van der Waals surface area contributed by atoms with Crippen molar-refractivity contribution in [3.05, 3.63) is 93.3 Å². The third kappa shape index (κ3) is 3.51. The van der Waals surface area contributed by atoms with Crippen molar-refractivity contribution in [2.45, 2.75) is 32.5 Å². The molecule has 1 aliphatic heterocycles. The zero-order valence-electron chi connectivity index (χ0n) is 15.8. The van der Waals surface area contributed by atoms with Crippen molar-refractivity contribution in [3.63, 3.8) is 0 Å². The van der Waals surface area contributed by atoms with Crippen molar-refractivity contribution in [2.24, 2.45) is 0 Å². The van der Waals surface area contributed by atoms with Gasteiger partial charge in [0.1, 0.15) is 5.75 Å². The third-order valence-corrected chi connectivity index (χ3v) is 5.38. The third-order valence-electron chi connectivity index (χ3n) is 5.38. The minimum Gasteiger partial charge on any atom is -0.508 e. The number of rotatable bonds is 4. The molecule has 1 aliphatic rings. The fourth-order valence-corrected chi connectivity index (χ4v) is 4.03. The lowest BCUT2D eigenvalue weighted by Crippen LogP contribution is -2.29. The second-order valence-electron chi connectivity index (χ2n) is 7.33. The van der Waals surface area contributed by atoms with Gasteiger partial charge in [-0.2, -0.15) is 0 Å². The lowest BCUT2D eigenvalue weighted by Gasteiger charge is -2.31. The number of aromatic nitrogens is 1. The van der Waals surface area contributed by atoms with E-state index in [2.05, 4.69) is 21.7 Å². The molecular formula is C22H23N3O3. The Labute approximate surface area is 163 Å². The summed E-state index contributed by atoms with van der Waals surface area (Å²) >= 11 is 0. The first-order valence-corrected chi connectivity index (χ1v) is 9.45. The van der Waals surface area contributed by atoms with Gasteiger partial charge in [0.15, 0.2) is 0 Å². The summed E-state index contributed by atoms with van der Waals surface area (Å²) in [5.41, 5.74) is 4.28. The quantitative estimate of drug-likeness (QED) is 0.540. The number of hydrogen-bond acceptors (Lipinski definition) is 4. The topological polar surface area (TPSA) is 71.5 Å². The second kappa shape index (κ2) is 7.48. The lowest BCUT2D eigenvalue weighted by molar-refractivity contribution is -0.384. The van der Waals surface area contributed by atoms with Gasteiger partial charge in [0.05, 0.1) is 11.0 Å². The molecule has 1 N–H and O–H groups in total. The molecule has 1 aromatic heterocycles. The Bertz CT molecular complexity index is 995. The smallest absolute Gasteiger partial charge is 0.269 e. The summed E-state index contributed by atoms with van der Waals surface area (Å²) in [4.78, 5) is 13.0. The largest absolute Gasteiger partial charge is 0.508 e. The van der Waals surface area contributed by atoms with Gasteiger partial charge in [0.25, 0.3) is 5.69 Å². The first-order valence-electron chi connectivity index (χ1n) is 9.45. The van der Waals surface area contributed by atoms with Crippen molar-refractivity contribution in [2.75, 3.05) is 6.54 Å². The average Bonchev–Trinajstić information content (AvgIpc) is 3.06. The van der Waals surface area contributed by atoms with E-state index >= 15 is 0 Å². The van der Waals surface area contributed by atoms with E-state index in [0.717, 1.165) is 36.2 Å². The molecule has 6 nitrogen and oxygen atoms in total. The Morgan fingerprint density at radius 1 is 1.14 bits per heavy atom. The van der Waals surface area contributed by atoms with E-state index in [9.17, 15) is 15.2 Å². The van der Waals surface area contributed by atoms with Crippen molar-refractivity contribution < 1.29 is 10.0 Å². The number of phenolic OH excluding ortho intramolecular Hbond substituents is 1. The summed E-state index contributed by atoms with van der Waals surface area (Å²) in [7, 11) is 0. The molecule has 3 aromatic rings. The molecule has 0 spiro atoms. The molecule has 2 aromatic carbocycles. The molecule has 0 saturated carbocycles. The number of nitro groups is 1. The average molecular weight is 377 g/mol. The van der Waals surface area contributed by atoms with E-state index in [1.807, 2.05) is 37.3 Å². The summed E-state index contributed by atoms with van der Waals surface area (Å²) in [6, 6.07) is 16.6. The highest BCUT2D eigenvalue weighted by molar-refractivity contribution is 5.39. The number of benzene rings is 2. The van der Waals surface area contributed by atoms with Gasteiger partial charge in [-0.1, -0.05) is 29.8 Å². The molecule has 28 heavy (non-hydrogen) atoms. The monoisotopic (exact) mass is 377 g/mol. The van der Waals surface area contributed by atoms with E-state index in [-0.39, 0.29) is 16.7 Å². The Morgan fingerprint density at radius 3 is 2.68 bits per heavy atom. The molecule has 144 valence electrons. The van der Waals surface area contributed by atoms with Crippen LogP contribution in [0.4, 0.5) is 5.69 Å². The number of nitro benzene ring substituents is 1. The highest BCUT2D eigenvalue weighted by Gasteiger charge is 2.28. The van der Waals surface area contributed by atoms with Crippen LogP contribution >= 0.6 is 0 Å². The van der Waals surface area contributed by atoms with E-state index in [4.69, 9.17) is 0 Å². The van der Waals surface area contributed by atoms with Crippen LogP contribution in [0.1, 0.15) is 34.8 Å². The Hall–Kier alpha value is -3.12. The van der Waals surface area contributed by atoms with Gasteiger partial charge in [-0.15, -0.1) is 0 Å². The standard InChI is InChI=1S/C22H23N3O3/c1-16-5-10-21(26)18(14-16)15-24-13-3-12-23-11-2-4-20(23)22(24)17-6-8-19(9-7-17)25(27)28/h2,4-11,14,22,26H,3,12-13,15H2,1H3. The molecule has 0 bridgehead atoms. The maximum absolute atomic E-state index is 11.0. The lowest BCUT2D eigenvalue weighted by atomic mass is 10.00. The summed E-state index contributed by atoms with van der Waals surface area (Å²) < 4.78 is 2.25. The van der Waals surface area contributed by atoms with E-state index in [0.29, 0.717) is 12.3 Å². The number of aryl methyl sites for hydroxylation is 2. The number of phenols is 1. The van der Waals surface area contributed by atoms with Gasteiger partial charge in [0.2, 0.25) is 0 Å². The summed E-state index contributed by atoms with van der Waals surface area (Å²) in [6.45, 7) is 4.43. The zero-order chi connectivity index (χ0) is 19.7. The van der Waals surface area contributed by atoms with Crippen molar-refractivity contribution in [1.29, 1.82) is 0 Å². The zero-order valence-corrected chi connectivity index (χ0v) is 15.8. The summed E-state index contributed by atoms with van der Waals surface area (Å²) in [6.07, 6.45) is 3.08. The van der Waals surface area contributed by atoms with E-state index < -0.39 is 0 Å². The highest BCUT2D eigenvalue weighted by atomic mass is 16.6. The predicted octanol–water partition coefficient (Wildman–Crippen LogP) is 4.41. The van der Waals surface area contributed by atoms with Crippen LogP contribution in [-0.4, -0.2) is 26.0 Å². The molecule has 2 heterocycles. The Kier molecular flexibility index (Phi) is 4.88. The van der Waals surface area contributed by atoms with Gasteiger partial charge in [0, 0.05) is 49.2 Å². The number of nitrogens with zero attached hydrogens (tertiary/aromatic N) is 3.